The van der Waals surface area contributed by atoms with E-state index in [1.165, 1.54) is 11.1 Å². The van der Waals surface area contributed by atoms with Crippen LogP contribution in [0.25, 0.3) is 72.4 Å². The molecule has 0 saturated carbocycles. The molecule has 8 aromatic rings. The summed E-state index contributed by atoms with van der Waals surface area (Å²) in [5, 5.41) is 14.5. The number of phenols is 1. The molecule has 5 nitrogen and oxygen atoms in total. The van der Waals surface area contributed by atoms with Crippen LogP contribution in [-0.4, -0.2) is 19.6 Å². The lowest BCUT2D eigenvalue weighted by Gasteiger charge is -2.28. The van der Waals surface area contributed by atoms with E-state index in [-0.39, 0.29) is 28.4 Å². The van der Waals surface area contributed by atoms with Gasteiger partial charge in [0.05, 0.1) is 28.0 Å². The fourth-order valence-corrected chi connectivity index (χ4v) is 8.01. The van der Waals surface area contributed by atoms with Crippen molar-refractivity contribution in [3.8, 4) is 45.2 Å². The zero-order valence-corrected chi connectivity index (χ0v) is 33.7. The summed E-state index contributed by atoms with van der Waals surface area (Å²) in [4.78, 5) is 10.4. The van der Waals surface area contributed by atoms with Crippen molar-refractivity contribution in [2.24, 2.45) is 0 Å². The van der Waals surface area contributed by atoms with Gasteiger partial charge in [0, 0.05) is 39.2 Å². The van der Waals surface area contributed by atoms with Crippen LogP contribution in [0.5, 0.6) is 5.75 Å². The normalized spacial score (nSPS) is 12.6. The topological polar surface area (TPSA) is 64.1 Å². The number of rotatable bonds is 6. The maximum atomic E-state index is 12.4. The molecule has 0 aliphatic carbocycles. The Morgan fingerprint density at radius 2 is 1.35 bits per heavy atom. The van der Waals surface area contributed by atoms with Gasteiger partial charge in [-0.05, 0) is 81.8 Å². The molecule has 0 unspecified atom stereocenters. The Kier molecular flexibility index (Phi) is 8.75. The van der Waals surface area contributed by atoms with Crippen molar-refractivity contribution in [1.82, 2.24) is 14.5 Å². The van der Waals surface area contributed by atoms with Gasteiger partial charge >= 0.3 is 0 Å². The minimum atomic E-state index is -0.306. The minimum absolute atomic E-state index is 0.164. The molecule has 0 bridgehead atoms. The molecule has 0 radical (unpaired) electrons. The number of phenolic OH excluding ortho intramolecular Hbond substituents is 1. The Morgan fingerprint density at radius 3 is 2.00 bits per heavy atom. The second-order valence-electron chi connectivity index (χ2n) is 17.7. The Bertz CT molecular complexity index is 2710. The molecule has 1 N–H and O–H groups in total. The molecule has 0 fully saturated rings. The van der Waals surface area contributed by atoms with E-state index in [1.807, 2.05) is 30.5 Å². The molecule has 0 amide bonds. The van der Waals surface area contributed by atoms with Gasteiger partial charge in [-0.25, -0.2) is 4.98 Å². The summed E-state index contributed by atoms with van der Waals surface area (Å²) in [5.74, 6) is 1.47. The fourth-order valence-electron chi connectivity index (χ4n) is 8.01. The molecule has 8 rings (SSSR count). The van der Waals surface area contributed by atoms with Crippen LogP contribution in [0, 0.1) is 0 Å². The van der Waals surface area contributed by atoms with E-state index >= 15 is 0 Å². The molecule has 3 aromatic heterocycles. The number of hydrogen-bond donors (Lipinski definition) is 1. The zero-order chi connectivity index (χ0) is 39.0. The summed E-state index contributed by atoms with van der Waals surface area (Å²) < 4.78 is 9.04. The molecule has 0 aliphatic rings. The van der Waals surface area contributed by atoms with Crippen LogP contribution in [0.2, 0.25) is 0 Å². The SMILES string of the molecule is CC(C)c1cccc(C(C)C)c1-n1c(-c2cc(C(C)(C)C)cc(C(C)(C)C)c2O)nc2c(-c3cc(-c4ccccn4)cc4c3oc3ccccc34)cccc21. The monoisotopic (exact) mass is 725 g/mol. The van der Waals surface area contributed by atoms with Crippen molar-refractivity contribution in [2.75, 3.05) is 0 Å². The van der Waals surface area contributed by atoms with E-state index in [0.29, 0.717) is 5.82 Å². The molecule has 278 valence electrons. The average molecular weight is 726 g/mol. The first-order valence-electron chi connectivity index (χ1n) is 19.5. The predicted octanol–water partition coefficient (Wildman–Crippen LogP) is 13.9. The van der Waals surface area contributed by atoms with Crippen molar-refractivity contribution in [3.63, 3.8) is 0 Å². The lowest BCUT2D eigenvalue weighted by atomic mass is 9.79. The molecule has 5 aromatic carbocycles. The van der Waals surface area contributed by atoms with Gasteiger partial charge in [0.2, 0.25) is 0 Å². The lowest BCUT2D eigenvalue weighted by Crippen LogP contribution is -2.17. The van der Waals surface area contributed by atoms with Gasteiger partial charge in [0.25, 0.3) is 0 Å². The molecular formula is C50H51N3O2. The maximum absolute atomic E-state index is 12.4. The first kappa shape index (κ1) is 36.3. The number of aromatic nitrogens is 3. The van der Waals surface area contributed by atoms with Crippen molar-refractivity contribution in [2.45, 2.75) is 91.9 Å². The smallest absolute Gasteiger partial charge is 0.149 e. The van der Waals surface area contributed by atoms with Gasteiger partial charge in [-0.3, -0.25) is 9.55 Å². The number of hydrogen-bond acceptors (Lipinski definition) is 4. The van der Waals surface area contributed by atoms with E-state index in [0.717, 1.165) is 77.7 Å². The highest BCUT2D eigenvalue weighted by molar-refractivity contribution is 6.13. The molecule has 0 spiro atoms. The number of nitrogens with zero attached hydrogens (tertiary/aromatic N) is 3. The van der Waals surface area contributed by atoms with Crippen molar-refractivity contribution in [1.29, 1.82) is 0 Å². The third-order valence-electron chi connectivity index (χ3n) is 11.0. The molecule has 0 aliphatic heterocycles. The third kappa shape index (κ3) is 6.20. The molecule has 0 atom stereocenters. The highest BCUT2D eigenvalue weighted by atomic mass is 16.3. The number of imidazole rings is 1. The van der Waals surface area contributed by atoms with Gasteiger partial charge in [0.15, 0.2) is 0 Å². The summed E-state index contributed by atoms with van der Waals surface area (Å²) in [6.45, 7) is 22.2. The van der Waals surface area contributed by atoms with E-state index in [2.05, 4.69) is 153 Å². The van der Waals surface area contributed by atoms with Crippen molar-refractivity contribution in [3.05, 3.63) is 132 Å². The summed E-state index contributed by atoms with van der Waals surface area (Å²) in [6.07, 6.45) is 1.84. The zero-order valence-electron chi connectivity index (χ0n) is 33.7. The van der Waals surface area contributed by atoms with Crippen molar-refractivity contribution < 1.29 is 9.52 Å². The summed E-state index contributed by atoms with van der Waals surface area (Å²) in [7, 11) is 0. The Balaban J connectivity index is 1.55. The first-order chi connectivity index (χ1) is 26.1. The largest absolute Gasteiger partial charge is 0.507 e. The second kappa shape index (κ2) is 13.3. The average Bonchev–Trinajstić information content (AvgIpc) is 3.72. The van der Waals surface area contributed by atoms with Gasteiger partial charge < -0.3 is 9.52 Å². The number of pyridine rings is 1. The summed E-state index contributed by atoms with van der Waals surface area (Å²) >= 11 is 0. The van der Waals surface area contributed by atoms with Gasteiger partial charge in [0.1, 0.15) is 22.7 Å². The summed E-state index contributed by atoms with van der Waals surface area (Å²) in [5.41, 5.74) is 13.1. The standard InChI is InChI=1S/C50H51N3O2/c1-29(2)33-18-15-19-34(30(3)4)45(33)53-42-22-16-20-36(44(42)52-48(53)39-27-32(49(5,6)7)28-40(46(39)54)50(8,9)10)38-26-31(41-21-13-14-24-51-41)25-37-35-17-11-12-23-43(35)55-47(37)38/h11-30,54H,1-10H3. The fraction of sp³-hybridized carbons (Fsp3) is 0.280. The number of fused-ring (bicyclic) bond motifs is 4. The number of furan rings is 1. The van der Waals surface area contributed by atoms with Crippen LogP contribution in [0.3, 0.4) is 0 Å². The van der Waals surface area contributed by atoms with Crippen LogP contribution >= 0.6 is 0 Å². The van der Waals surface area contributed by atoms with Crippen LogP contribution < -0.4 is 0 Å². The van der Waals surface area contributed by atoms with Gasteiger partial charge in [-0.1, -0.05) is 130 Å². The van der Waals surface area contributed by atoms with E-state index < -0.39 is 0 Å². The van der Waals surface area contributed by atoms with Gasteiger partial charge in [-0.2, -0.15) is 0 Å². The van der Waals surface area contributed by atoms with E-state index in [4.69, 9.17) is 14.4 Å². The van der Waals surface area contributed by atoms with Crippen LogP contribution in [0.15, 0.2) is 114 Å². The van der Waals surface area contributed by atoms with Crippen molar-refractivity contribution >= 4 is 33.0 Å². The Morgan fingerprint density at radius 1 is 0.655 bits per heavy atom. The Hall–Kier alpha value is -5.68. The molecule has 0 saturated heterocycles. The number of aromatic hydroxyl groups is 1. The Labute approximate surface area is 324 Å². The minimum Gasteiger partial charge on any atom is -0.507 e. The lowest BCUT2D eigenvalue weighted by molar-refractivity contribution is 0.446. The van der Waals surface area contributed by atoms with Crippen LogP contribution in [-0.2, 0) is 10.8 Å². The number of para-hydroxylation sites is 3. The van der Waals surface area contributed by atoms with Gasteiger partial charge in [-0.15, -0.1) is 0 Å². The quantitative estimate of drug-likeness (QED) is 0.185. The molecule has 5 heteroatoms. The third-order valence-corrected chi connectivity index (χ3v) is 11.0. The highest BCUT2D eigenvalue weighted by Crippen LogP contribution is 2.47. The van der Waals surface area contributed by atoms with Crippen LogP contribution in [0.4, 0.5) is 0 Å². The van der Waals surface area contributed by atoms with E-state index in [1.54, 1.807) is 0 Å². The number of benzene rings is 5. The highest BCUT2D eigenvalue weighted by Gasteiger charge is 2.30. The van der Waals surface area contributed by atoms with E-state index in [9.17, 15) is 5.11 Å². The first-order valence-corrected chi connectivity index (χ1v) is 19.5. The summed E-state index contributed by atoms with van der Waals surface area (Å²) in [6, 6.07) is 36.1. The maximum Gasteiger partial charge on any atom is 0.149 e. The predicted molar refractivity (Wildman–Crippen MR) is 230 cm³/mol. The van der Waals surface area contributed by atoms with Crippen LogP contribution in [0.1, 0.15) is 103 Å². The molecular weight excluding hydrogens is 675 g/mol. The molecule has 3 heterocycles. The molecule has 55 heavy (non-hydrogen) atoms. The second-order valence-corrected chi connectivity index (χ2v) is 17.7.